The van der Waals surface area contributed by atoms with Gasteiger partial charge in [-0.1, -0.05) is 81.9 Å². The summed E-state index contributed by atoms with van der Waals surface area (Å²) in [5.74, 6) is 0.544. The molecule has 25 heavy (non-hydrogen) atoms. The third-order valence-electron chi connectivity index (χ3n) is 3.63. The normalized spacial score (nSPS) is 12.4. The first-order valence-corrected chi connectivity index (χ1v) is 9.21. The summed E-state index contributed by atoms with van der Waals surface area (Å²) in [4.78, 5) is 17.6. The number of nitrogens with zero attached hydrogens (tertiary/aromatic N) is 3. The molecule has 0 aliphatic carbocycles. The molecule has 0 amide bonds. The first-order valence-electron chi connectivity index (χ1n) is 7.60. The van der Waals surface area contributed by atoms with E-state index in [9.17, 15) is 4.79 Å². The number of benzene rings is 2. The molecule has 4 rings (SSSR count). The number of hydrogen-bond acceptors (Lipinski definition) is 4. The van der Waals surface area contributed by atoms with Crippen molar-refractivity contribution in [1.82, 2.24) is 14.6 Å². The molecule has 0 saturated heterocycles. The standard InChI is InChI=1S/C19H12BrN3OS/c20-15-11-5-4-10-14(15)17-21-19-23(22-17)18(24)16(25-19)12-6-9-13-7-2-1-3-8-13/h1-12H/b9-6+,16-12-. The van der Waals surface area contributed by atoms with E-state index in [-0.39, 0.29) is 5.56 Å². The summed E-state index contributed by atoms with van der Waals surface area (Å²) in [6.07, 6.45) is 5.63. The number of rotatable bonds is 3. The Hall–Kier alpha value is -2.57. The van der Waals surface area contributed by atoms with Crippen LogP contribution in [0.3, 0.4) is 0 Å². The number of fused-ring (bicyclic) bond motifs is 1. The van der Waals surface area contributed by atoms with Crippen LogP contribution in [0.4, 0.5) is 0 Å². The summed E-state index contributed by atoms with van der Waals surface area (Å²) in [7, 11) is 0. The maximum absolute atomic E-state index is 12.5. The molecule has 4 nitrogen and oxygen atoms in total. The minimum atomic E-state index is -0.150. The monoisotopic (exact) mass is 409 g/mol. The molecule has 0 bridgehead atoms. The van der Waals surface area contributed by atoms with Crippen molar-refractivity contribution < 1.29 is 0 Å². The molecule has 4 aromatic rings. The molecule has 6 heteroatoms. The van der Waals surface area contributed by atoms with Gasteiger partial charge in [-0.2, -0.15) is 9.50 Å². The predicted molar refractivity (Wildman–Crippen MR) is 105 cm³/mol. The van der Waals surface area contributed by atoms with Gasteiger partial charge in [0.05, 0.1) is 4.53 Å². The molecule has 0 aliphatic rings. The second-order valence-corrected chi connectivity index (χ2v) is 7.18. The lowest BCUT2D eigenvalue weighted by Crippen LogP contribution is -2.23. The topological polar surface area (TPSA) is 47.3 Å². The van der Waals surface area contributed by atoms with E-state index in [4.69, 9.17) is 0 Å². The van der Waals surface area contributed by atoms with Crippen LogP contribution in [-0.2, 0) is 0 Å². The zero-order valence-corrected chi connectivity index (χ0v) is 15.4. The van der Waals surface area contributed by atoms with Crippen LogP contribution in [0, 0.1) is 0 Å². The highest BCUT2D eigenvalue weighted by molar-refractivity contribution is 9.10. The Morgan fingerprint density at radius 3 is 2.56 bits per heavy atom. The number of halogens is 1. The van der Waals surface area contributed by atoms with Gasteiger partial charge in [-0.3, -0.25) is 4.79 Å². The van der Waals surface area contributed by atoms with E-state index in [0.717, 1.165) is 15.6 Å². The van der Waals surface area contributed by atoms with E-state index < -0.39 is 0 Å². The van der Waals surface area contributed by atoms with Gasteiger partial charge >= 0.3 is 0 Å². The van der Waals surface area contributed by atoms with E-state index >= 15 is 0 Å². The Bertz CT molecular complexity index is 1180. The van der Waals surface area contributed by atoms with Gasteiger partial charge in [-0.25, -0.2) is 0 Å². The van der Waals surface area contributed by atoms with Crippen molar-refractivity contribution in [3.63, 3.8) is 0 Å². The number of hydrogen-bond donors (Lipinski definition) is 0. The van der Waals surface area contributed by atoms with Gasteiger partial charge in [0.2, 0.25) is 4.96 Å². The number of thiazole rings is 1. The van der Waals surface area contributed by atoms with Crippen molar-refractivity contribution in [1.29, 1.82) is 0 Å². The lowest BCUT2D eigenvalue weighted by molar-refractivity contribution is 0.936. The fraction of sp³-hybridized carbons (Fsp3) is 0. The second kappa shape index (κ2) is 6.74. The Balaban J connectivity index is 1.71. The third kappa shape index (κ3) is 3.18. The molecule has 0 aliphatic heterocycles. The van der Waals surface area contributed by atoms with Crippen LogP contribution in [0.15, 0.2) is 69.9 Å². The van der Waals surface area contributed by atoms with E-state index in [1.807, 2.05) is 66.7 Å². The van der Waals surface area contributed by atoms with Gasteiger partial charge in [0.1, 0.15) is 0 Å². The molecule has 2 heterocycles. The number of allylic oxidation sites excluding steroid dienone is 1. The van der Waals surface area contributed by atoms with Crippen molar-refractivity contribution in [3.05, 3.63) is 85.6 Å². The fourth-order valence-corrected chi connectivity index (χ4v) is 3.74. The van der Waals surface area contributed by atoms with Crippen LogP contribution in [0.25, 0.3) is 28.5 Å². The summed E-state index contributed by atoms with van der Waals surface area (Å²) in [5.41, 5.74) is 1.80. The van der Waals surface area contributed by atoms with Gasteiger partial charge in [0, 0.05) is 10.0 Å². The van der Waals surface area contributed by atoms with Gasteiger partial charge < -0.3 is 0 Å². The molecule has 2 aromatic carbocycles. The molecule has 0 saturated carbocycles. The van der Waals surface area contributed by atoms with Gasteiger partial charge in [0.15, 0.2) is 5.82 Å². The summed E-state index contributed by atoms with van der Waals surface area (Å²) in [6, 6.07) is 17.6. The highest BCUT2D eigenvalue weighted by Gasteiger charge is 2.13. The molecule has 0 N–H and O–H groups in total. The van der Waals surface area contributed by atoms with Crippen LogP contribution < -0.4 is 10.1 Å². The fourth-order valence-electron chi connectivity index (χ4n) is 2.42. The maximum Gasteiger partial charge on any atom is 0.291 e. The highest BCUT2D eigenvalue weighted by atomic mass is 79.9. The third-order valence-corrected chi connectivity index (χ3v) is 5.30. The van der Waals surface area contributed by atoms with Crippen LogP contribution in [0.1, 0.15) is 5.56 Å². The van der Waals surface area contributed by atoms with E-state index in [0.29, 0.717) is 15.3 Å². The lowest BCUT2D eigenvalue weighted by Gasteiger charge is -1.96. The molecular formula is C19H12BrN3OS. The Kier molecular flexibility index (Phi) is 4.29. The minimum Gasteiger partial charge on any atom is -0.266 e. The summed E-state index contributed by atoms with van der Waals surface area (Å²) < 4.78 is 2.88. The Labute approximate surface area is 155 Å². The van der Waals surface area contributed by atoms with E-state index in [1.165, 1.54) is 15.9 Å². The minimum absolute atomic E-state index is 0.150. The van der Waals surface area contributed by atoms with Crippen molar-refractivity contribution in [2.75, 3.05) is 0 Å². The van der Waals surface area contributed by atoms with Crippen molar-refractivity contribution in [2.24, 2.45) is 0 Å². The molecule has 0 atom stereocenters. The van der Waals surface area contributed by atoms with Gasteiger partial charge in [-0.05, 0) is 23.8 Å². The molecule has 0 spiro atoms. The van der Waals surface area contributed by atoms with Crippen LogP contribution in [-0.4, -0.2) is 14.6 Å². The first-order chi connectivity index (χ1) is 12.2. The first kappa shape index (κ1) is 15.9. The number of aromatic nitrogens is 3. The highest BCUT2D eigenvalue weighted by Crippen LogP contribution is 2.25. The van der Waals surface area contributed by atoms with Crippen LogP contribution in [0.2, 0.25) is 0 Å². The Morgan fingerprint density at radius 2 is 1.80 bits per heavy atom. The molecule has 0 radical (unpaired) electrons. The zero-order chi connectivity index (χ0) is 17.2. The smallest absolute Gasteiger partial charge is 0.266 e. The van der Waals surface area contributed by atoms with E-state index in [1.54, 1.807) is 6.08 Å². The lowest BCUT2D eigenvalue weighted by atomic mass is 10.2. The molecular weight excluding hydrogens is 398 g/mol. The molecule has 0 unspecified atom stereocenters. The van der Waals surface area contributed by atoms with Gasteiger partial charge in [-0.15, -0.1) is 5.10 Å². The quantitative estimate of drug-likeness (QED) is 0.516. The molecule has 122 valence electrons. The summed E-state index contributed by atoms with van der Waals surface area (Å²) in [6.45, 7) is 0. The SMILES string of the molecule is O=c1/c(=C/C=C/c2ccccc2)sc2nc(-c3ccccc3Br)nn12. The second-order valence-electron chi connectivity index (χ2n) is 5.32. The maximum atomic E-state index is 12.5. The van der Waals surface area contributed by atoms with Crippen molar-refractivity contribution >= 4 is 44.4 Å². The van der Waals surface area contributed by atoms with Gasteiger partial charge in [0.25, 0.3) is 5.56 Å². The zero-order valence-electron chi connectivity index (χ0n) is 13.0. The van der Waals surface area contributed by atoms with Crippen LogP contribution in [0.5, 0.6) is 0 Å². The Morgan fingerprint density at radius 1 is 1.04 bits per heavy atom. The average Bonchev–Trinajstić information content (AvgIpc) is 3.16. The predicted octanol–water partition coefficient (Wildman–Crippen LogP) is 3.79. The summed E-state index contributed by atoms with van der Waals surface area (Å²) in [5, 5.41) is 4.36. The molecule has 0 fully saturated rings. The average molecular weight is 410 g/mol. The largest absolute Gasteiger partial charge is 0.291 e. The van der Waals surface area contributed by atoms with Crippen LogP contribution >= 0.6 is 27.3 Å². The van der Waals surface area contributed by atoms with Crippen molar-refractivity contribution in [3.8, 4) is 11.4 Å². The molecule has 2 aromatic heterocycles. The van der Waals surface area contributed by atoms with Crippen molar-refractivity contribution in [2.45, 2.75) is 0 Å². The summed E-state index contributed by atoms with van der Waals surface area (Å²) >= 11 is 4.82. The van der Waals surface area contributed by atoms with E-state index in [2.05, 4.69) is 26.0 Å².